The van der Waals surface area contributed by atoms with E-state index in [1.165, 1.54) is 0 Å². The Balaban J connectivity index is 2.34. The normalized spacial score (nSPS) is 21.1. The van der Waals surface area contributed by atoms with Crippen molar-refractivity contribution < 1.29 is 4.79 Å². The number of hydrogen-bond donors (Lipinski definition) is 2. The molecule has 1 rings (SSSR count). The summed E-state index contributed by atoms with van der Waals surface area (Å²) >= 11 is 0. The molecule has 0 aromatic carbocycles. The van der Waals surface area contributed by atoms with Crippen molar-refractivity contribution in [3.63, 3.8) is 0 Å². The largest absolute Gasteiger partial charge is 0.355 e. The van der Waals surface area contributed by atoms with Crippen molar-refractivity contribution in [2.45, 2.75) is 25.3 Å². The van der Waals surface area contributed by atoms with Gasteiger partial charge in [0, 0.05) is 6.54 Å². The van der Waals surface area contributed by atoms with E-state index in [4.69, 9.17) is 5.73 Å². The molecule has 0 spiro atoms. The standard InChI is InChI=1S/C6H12N2O/c1-2-8-5(9)6(7)3-4-6/h2-4,7H2,1H3,(H,8,9). The molecule has 0 aliphatic heterocycles. The van der Waals surface area contributed by atoms with E-state index in [1.54, 1.807) is 0 Å². The second-order valence-corrected chi connectivity index (χ2v) is 2.52. The molecule has 3 N–H and O–H groups in total. The maximum Gasteiger partial charge on any atom is 0.240 e. The van der Waals surface area contributed by atoms with Gasteiger partial charge in [0.2, 0.25) is 5.91 Å². The van der Waals surface area contributed by atoms with Gasteiger partial charge in [0.05, 0.1) is 5.54 Å². The Morgan fingerprint density at radius 1 is 1.78 bits per heavy atom. The Morgan fingerprint density at radius 2 is 2.33 bits per heavy atom. The molecule has 52 valence electrons. The van der Waals surface area contributed by atoms with Crippen molar-refractivity contribution in [2.24, 2.45) is 5.73 Å². The van der Waals surface area contributed by atoms with Crippen molar-refractivity contribution in [1.29, 1.82) is 0 Å². The molecule has 0 unspecified atom stereocenters. The summed E-state index contributed by atoms with van der Waals surface area (Å²) in [6.45, 7) is 2.57. The summed E-state index contributed by atoms with van der Waals surface area (Å²) in [4.78, 5) is 10.9. The summed E-state index contributed by atoms with van der Waals surface area (Å²) < 4.78 is 0. The first kappa shape index (κ1) is 6.55. The first-order valence-corrected chi connectivity index (χ1v) is 3.26. The van der Waals surface area contributed by atoms with Crippen LogP contribution in [0.4, 0.5) is 0 Å². The maximum atomic E-state index is 10.9. The Bertz CT molecular complexity index is 129. The fraction of sp³-hybridized carbons (Fsp3) is 0.833. The van der Waals surface area contributed by atoms with Gasteiger partial charge in [-0.2, -0.15) is 0 Å². The van der Waals surface area contributed by atoms with E-state index >= 15 is 0 Å². The molecule has 0 radical (unpaired) electrons. The fourth-order valence-corrected chi connectivity index (χ4v) is 0.698. The molecule has 3 nitrogen and oxygen atoms in total. The van der Waals surface area contributed by atoms with E-state index in [2.05, 4.69) is 5.32 Å². The Labute approximate surface area is 54.6 Å². The summed E-state index contributed by atoms with van der Waals surface area (Å²) in [6.07, 6.45) is 1.69. The minimum Gasteiger partial charge on any atom is -0.355 e. The van der Waals surface area contributed by atoms with Crippen LogP contribution in [-0.2, 0) is 4.79 Å². The van der Waals surface area contributed by atoms with Crippen LogP contribution >= 0.6 is 0 Å². The quantitative estimate of drug-likeness (QED) is 0.532. The second kappa shape index (κ2) is 1.99. The summed E-state index contributed by atoms with van der Waals surface area (Å²) in [5.74, 6) is 0.00463. The van der Waals surface area contributed by atoms with E-state index < -0.39 is 5.54 Å². The molecule has 1 fully saturated rings. The summed E-state index contributed by atoms with van der Waals surface area (Å²) in [6, 6.07) is 0. The van der Waals surface area contributed by atoms with E-state index in [1.807, 2.05) is 6.92 Å². The van der Waals surface area contributed by atoms with Crippen molar-refractivity contribution in [3.8, 4) is 0 Å². The van der Waals surface area contributed by atoms with Gasteiger partial charge in [0.1, 0.15) is 0 Å². The van der Waals surface area contributed by atoms with Crippen molar-refractivity contribution >= 4 is 5.91 Å². The molecule has 1 saturated carbocycles. The van der Waals surface area contributed by atoms with Crippen LogP contribution in [0.2, 0.25) is 0 Å². The molecule has 1 amide bonds. The molecule has 0 aromatic heterocycles. The van der Waals surface area contributed by atoms with Crippen LogP contribution in [-0.4, -0.2) is 18.0 Å². The Hall–Kier alpha value is -0.570. The maximum absolute atomic E-state index is 10.9. The second-order valence-electron chi connectivity index (χ2n) is 2.52. The number of rotatable bonds is 2. The van der Waals surface area contributed by atoms with E-state index in [-0.39, 0.29) is 5.91 Å². The van der Waals surface area contributed by atoms with Crippen LogP contribution in [0.1, 0.15) is 19.8 Å². The topological polar surface area (TPSA) is 55.1 Å². The van der Waals surface area contributed by atoms with Crippen molar-refractivity contribution in [1.82, 2.24) is 5.32 Å². The number of likely N-dealkylation sites (N-methyl/N-ethyl adjacent to an activating group) is 1. The van der Waals surface area contributed by atoms with Gasteiger partial charge >= 0.3 is 0 Å². The van der Waals surface area contributed by atoms with Crippen LogP contribution in [0.15, 0.2) is 0 Å². The zero-order valence-corrected chi connectivity index (χ0v) is 5.61. The molecular formula is C6H12N2O. The van der Waals surface area contributed by atoms with Crippen LogP contribution in [0.25, 0.3) is 0 Å². The van der Waals surface area contributed by atoms with Crippen LogP contribution in [0, 0.1) is 0 Å². The van der Waals surface area contributed by atoms with E-state index in [9.17, 15) is 4.79 Å². The predicted molar refractivity (Wildman–Crippen MR) is 34.8 cm³/mol. The average molecular weight is 128 g/mol. The minimum absolute atomic E-state index is 0.00463. The average Bonchev–Trinajstić information content (AvgIpc) is 2.50. The lowest BCUT2D eigenvalue weighted by Gasteiger charge is -2.06. The van der Waals surface area contributed by atoms with Crippen LogP contribution in [0.3, 0.4) is 0 Å². The van der Waals surface area contributed by atoms with Gasteiger partial charge < -0.3 is 11.1 Å². The van der Waals surface area contributed by atoms with Crippen molar-refractivity contribution in [2.75, 3.05) is 6.54 Å². The van der Waals surface area contributed by atoms with Gasteiger partial charge in [-0.1, -0.05) is 0 Å². The zero-order valence-electron chi connectivity index (χ0n) is 5.61. The van der Waals surface area contributed by atoms with Gasteiger partial charge in [-0.05, 0) is 19.8 Å². The molecule has 0 bridgehead atoms. The van der Waals surface area contributed by atoms with Gasteiger partial charge in [-0.25, -0.2) is 0 Å². The lowest BCUT2D eigenvalue weighted by Crippen LogP contribution is -2.42. The molecule has 0 aromatic rings. The third kappa shape index (κ3) is 1.21. The summed E-state index contributed by atoms with van der Waals surface area (Å²) in [7, 11) is 0. The first-order valence-electron chi connectivity index (χ1n) is 3.26. The number of hydrogen-bond acceptors (Lipinski definition) is 2. The van der Waals surface area contributed by atoms with E-state index in [0.29, 0.717) is 6.54 Å². The van der Waals surface area contributed by atoms with Crippen LogP contribution < -0.4 is 11.1 Å². The van der Waals surface area contributed by atoms with Gasteiger partial charge in [-0.3, -0.25) is 4.79 Å². The summed E-state index contributed by atoms with van der Waals surface area (Å²) in [5, 5.41) is 2.68. The molecule has 9 heavy (non-hydrogen) atoms. The SMILES string of the molecule is CCNC(=O)C1(N)CC1. The van der Waals surface area contributed by atoms with Crippen molar-refractivity contribution in [3.05, 3.63) is 0 Å². The number of carbonyl (C=O) groups is 1. The number of amides is 1. The van der Waals surface area contributed by atoms with Crippen LogP contribution in [0.5, 0.6) is 0 Å². The minimum atomic E-state index is -0.490. The lowest BCUT2D eigenvalue weighted by molar-refractivity contribution is -0.123. The third-order valence-electron chi connectivity index (χ3n) is 1.58. The molecule has 0 heterocycles. The highest BCUT2D eigenvalue weighted by atomic mass is 16.2. The number of nitrogens with one attached hydrogen (secondary N) is 1. The lowest BCUT2D eigenvalue weighted by atomic mass is 10.3. The molecule has 1 aliphatic rings. The molecular weight excluding hydrogens is 116 g/mol. The zero-order chi connectivity index (χ0) is 6.91. The molecule has 0 atom stereocenters. The number of carbonyl (C=O) groups excluding carboxylic acids is 1. The first-order chi connectivity index (χ1) is 4.19. The van der Waals surface area contributed by atoms with Gasteiger partial charge in [0.15, 0.2) is 0 Å². The molecule has 1 aliphatic carbocycles. The third-order valence-corrected chi connectivity index (χ3v) is 1.58. The smallest absolute Gasteiger partial charge is 0.240 e. The highest BCUT2D eigenvalue weighted by Crippen LogP contribution is 2.31. The van der Waals surface area contributed by atoms with Gasteiger partial charge in [0.25, 0.3) is 0 Å². The Morgan fingerprint density at radius 3 is 2.67 bits per heavy atom. The molecule has 0 saturated heterocycles. The number of nitrogens with two attached hydrogens (primary N) is 1. The van der Waals surface area contributed by atoms with Gasteiger partial charge in [-0.15, -0.1) is 0 Å². The Kier molecular flexibility index (Phi) is 1.45. The molecule has 3 heteroatoms. The highest BCUT2D eigenvalue weighted by molar-refractivity contribution is 5.88. The summed E-state index contributed by atoms with van der Waals surface area (Å²) in [5.41, 5.74) is 5.07. The predicted octanol–water partition coefficient (Wildman–Crippen LogP) is -0.386. The monoisotopic (exact) mass is 128 g/mol. The highest BCUT2D eigenvalue weighted by Gasteiger charge is 2.45. The van der Waals surface area contributed by atoms with E-state index in [0.717, 1.165) is 12.8 Å². The fourth-order valence-electron chi connectivity index (χ4n) is 0.698.